The van der Waals surface area contributed by atoms with Crippen LogP contribution in [0.3, 0.4) is 0 Å². The van der Waals surface area contributed by atoms with Gasteiger partial charge in [-0.1, -0.05) is 19.8 Å². The average Bonchev–Trinajstić information content (AvgIpc) is 2.42. The van der Waals surface area contributed by atoms with E-state index in [9.17, 15) is 9.59 Å². The summed E-state index contributed by atoms with van der Waals surface area (Å²) in [6, 6.07) is 0. The molecule has 1 atom stereocenters. The highest BCUT2D eigenvalue weighted by atomic mass is 16.5. The molecule has 0 amide bonds. The number of methoxy groups -OCH3 is 2. The number of unbranched alkanes of at least 4 members (excludes halogenated alkanes) is 1. The van der Waals surface area contributed by atoms with E-state index in [0.29, 0.717) is 5.71 Å². The number of rotatable bonds is 5. The summed E-state index contributed by atoms with van der Waals surface area (Å²) >= 11 is 0. The first-order valence-corrected chi connectivity index (χ1v) is 5.86. The van der Waals surface area contributed by atoms with Gasteiger partial charge in [0.1, 0.15) is 5.70 Å². The molecule has 0 aromatic carbocycles. The summed E-state index contributed by atoms with van der Waals surface area (Å²) < 4.78 is 9.28. The third-order valence-corrected chi connectivity index (χ3v) is 2.68. The molecular formula is C12H18N2O4. The van der Waals surface area contributed by atoms with Crippen LogP contribution in [0.4, 0.5) is 0 Å². The van der Waals surface area contributed by atoms with E-state index >= 15 is 0 Å². The van der Waals surface area contributed by atoms with Crippen LogP contribution in [0.25, 0.3) is 0 Å². The van der Waals surface area contributed by atoms with Gasteiger partial charge in [-0.3, -0.25) is 5.43 Å². The second-order valence-electron chi connectivity index (χ2n) is 3.92. The SMILES string of the molecule is CCCCC1C=C(C(=O)OC)NN=C1C(=O)OC. The van der Waals surface area contributed by atoms with Crippen molar-refractivity contribution in [3.63, 3.8) is 0 Å². The Bertz CT molecular complexity index is 388. The molecule has 0 aromatic heterocycles. The summed E-state index contributed by atoms with van der Waals surface area (Å²) in [5.74, 6) is -1.19. The number of carbonyl (C=O) groups is 2. The second-order valence-corrected chi connectivity index (χ2v) is 3.92. The summed E-state index contributed by atoms with van der Waals surface area (Å²) in [5.41, 5.74) is 3.06. The van der Waals surface area contributed by atoms with Crippen molar-refractivity contribution in [1.82, 2.24) is 5.43 Å². The minimum atomic E-state index is -0.496. The summed E-state index contributed by atoms with van der Waals surface area (Å²) in [4.78, 5) is 22.9. The van der Waals surface area contributed by atoms with Crippen LogP contribution in [0.15, 0.2) is 16.9 Å². The van der Waals surface area contributed by atoms with Crippen molar-refractivity contribution in [2.45, 2.75) is 26.2 Å². The first-order chi connectivity index (χ1) is 8.63. The quantitative estimate of drug-likeness (QED) is 0.740. The van der Waals surface area contributed by atoms with Gasteiger partial charge in [-0.15, -0.1) is 0 Å². The first-order valence-electron chi connectivity index (χ1n) is 5.86. The van der Waals surface area contributed by atoms with Gasteiger partial charge in [-0.05, 0) is 12.5 Å². The second kappa shape index (κ2) is 6.78. The van der Waals surface area contributed by atoms with E-state index in [4.69, 9.17) is 0 Å². The monoisotopic (exact) mass is 254 g/mol. The Labute approximate surface area is 106 Å². The smallest absolute Gasteiger partial charge is 0.355 e. The minimum Gasteiger partial charge on any atom is -0.464 e. The predicted octanol–water partition coefficient (Wildman–Crippen LogP) is 0.982. The van der Waals surface area contributed by atoms with E-state index in [-0.39, 0.29) is 11.6 Å². The van der Waals surface area contributed by atoms with Gasteiger partial charge in [0, 0.05) is 5.92 Å². The number of allylic oxidation sites excluding steroid dienone is 1. The normalized spacial score (nSPS) is 18.3. The van der Waals surface area contributed by atoms with Gasteiger partial charge in [0.2, 0.25) is 0 Å². The lowest BCUT2D eigenvalue weighted by Crippen LogP contribution is -2.33. The van der Waals surface area contributed by atoms with Crippen molar-refractivity contribution in [2.24, 2.45) is 11.0 Å². The standard InChI is InChI=1S/C12H18N2O4/c1-4-5-6-8-7-9(11(15)17-2)13-14-10(8)12(16)18-3/h7-8,13H,4-6H2,1-3H3. The number of carbonyl (C=O) groups excluding carboxylic acids is 2. The Morgan fingerprint density at radius 1 is 1.33 bits per heavy atom. The zero-order valence-electron chi connectivity index (χ0n) is 10.9. The van der Waals surface area contributed by atoms with Crippen LogP contribution in [0, 0.1) is 5.92 Å². The van der Waals surface area contributed by atoms with E-state index in [2.05, 4.69) is 26.9 Å². The summed E-state index contributed by atoms with van der Waals surface area (Å²) in [6.07, 6.45) is 4.35. The lowest BCUT2D eigenvalue weighted by molar-refractivity contribution is -0.137. The number of ether oxygens (including phenoxy) is 2. The van der Waals surface area contributed by atoms with E-state index < -0.39 is 11.9 Å². The van der Waals surface area contributed by atoms with Gasteiger partial charge in [-0.2, -0.15) is 5.10 Å². The third kappa shape index (κ3) is 3.32. The molecule has 1 rings (SSSR count). The van der Waals surface area contributed by atoms with Crippen molar-refractivity contribution in [3.8, 4) is 0 Å². The van der Waals surface area contributed by atoms with Crippen LogP contribution in [0.2, 0.25) is 0 Å². The molecule has 0 saturated carbocycles. The van der Waals surface area contributed by atoms with Crippen molar-refractivity contribution in [3.05, 3.63) is 11.8 Å². The van der Waals surface area contributed by atoms with Crippen LogP contribution < -0.4 is 5.43 Å². The van der Waals surface area contributed by atoms with Gasteiger partial charge in [0.05, 0.1) is 14.2 Å². The summed E-state index contributed by atoms with van der Waals surface area (Å²) in [7, 11) is 2.60. The van der Waals surface area contributed by atoms with Crippen LogP contribution in [-0.4, -0.2) is 31.9 Å². The zero-order chi connectivity index (χ0) is 13.5. The van der Waals surface area contributed by atoms with Gasteiger partial charge < -0.3 is 9.47 Å². The number of hydrogen-bond donors (Lipinski definition) is 1. The average molecular weight is 254 g/mol. The molecule has 0 bridgehead atoms. The van der Waals surface area contributed by atoms with Crippen molar-refractivity contribution >= 4 is 17.7 Å². The van der Waals surface area contributed by atoms with Crippen LogP contribution >= 0.6 is 0 Å². The van der Waals surface area contributed by atoms with Gasteiger partial charge in [0.25, 0.3) is 0 Å². The minimum absolute atomic E-state index is 0.215. The Hall–Kier alpha value is -1.85. The van der Waals surface area contributed by atoms with E-state index in [1.807, 2.05) is 0 Å². The Morgan fingerprint density at radius 3 is 2.56 bits per heavy atom. The maximum atomic E-state index is 11.5. The summed E-state index contributed by atoms with van der Waals surface area (Å²) in [6.45, 7) is 2.06. The molecule has 1 heterocycles. The largest absolute Gasteiger partial charge is 0.464 e. The van der Waals surface area contributed by atoms with E-state index in [1.54, 1.807) is 6.08 Å². The van der Waals surface area contributed by atoms with Crippen LogP contribution in [0.1, 0.15) is 26.2 Å². The maximum absolute atomic E-state index is 11.5. The zero-order valence-corrected chi connectivity index (χ0v) is 10.9. The number of hydrogen-bond acceptors (Lipinski definition) is 6. The fourth-order valence-electron chi connectivity index (χ4n) is 1.69. The topological polar surface area (TPSA) is 77.0 Å². The van der Waals surface area contributed by atoms with E-state index in [0.717, 1.165) is 19.3 Å². The summed E-state index contributed by atoms with van der Waals surface area (Å²) in [5, 5.41) is 3.91. The molecule has 0 aliphatic carbocycles. The molecule has 1 N–H and O–H groups in total. The maximum Gasteiger partial charge on any atom is 0.355 e. The molecule has 18 heavy (non-hydrogen) atoms. The molecule has 0 fully saturated rings. The highest BCUT2D eigenvalue weighted by molar-refractivity contribution is 6.38. The lowest BCUT2D eigenvalue weighted by Gasteiger charge is -2.20. The highest BCUT2D eigenvalue weighted by Crippen LogP contribution is 2.18. The van der Waals surface area contributed by atoms with E-state index in [1.165, 1.54) is 14.2 Å². The molecule has 0 radical (unpaired) electrons. The Balaban J connectivity index is 2.86. The van der Waals surface area contributed by atoms with Crippen LogP contribution in [-0.2, 0) is 19.1 Å². The third-order valence-electron chi connectivity index (χ3n) is 2.68. The molecule has 0 aromatic rings. The Morgan fingerprint density at radius 2 is 2.00 bits per heavy atom. The number of esters is 2. The molecule has 1 unspecified atom stereocenters. The fraction of sp³-hybridized carbons (Fsp3) is 0.583. The van der Waals surface area contributed by atoms with Gasteiger partial charge in [0.15, 0.2) is 5.71 Å². The molecule has 6 nitrogen and oxygen atoms in total. The molecule has 100 valence electrons. The fourth-order valence-corrected chi connectivity index (χ4v) is 1.69. The van der Waals surface area contributed by atoms with Gasteiger partial charge in [-0.25, -0.2) is 9.59 Å². The number of nitrogens with one attached hydrogen (secondary N) is 1. The molecule has 1 aliphatic rings. The van der Waals surface area contributed by atoms with Crippen molar-refractivity contribution in [1.29, 1.82) is 0 Å². The predicted molar refractivity (Wildman–Crippen MR) is 65.7 cm³/mol. The number of nitrogens with zero attached hydrogens (tertiary/aromatic N) is 1. The molecule has 1 aliphatic heterocycles. The number of hydrazone groups is 1. The first kappa shape index (κ1) is 14.2. The van der Waals surface area contributed by atoms with Gasteiger partial charge >= 0.3 is 11.9 Å². The van der Waals surface area contributed by atoms with Crippen molar-refractivity contribution in [2.75, 3.05) is 14.2 Å². The lowest BCUT2D eigenvalue weighted by atomic mass is 9.94. The molecule has 0 spiro atoms. The molecule has 6 heteroatoms. The van der Waals surface area contributed by atoms with Crippen molar-refractivity contribution < 1.29 is 19.1 Å². The Kier molecular flexibility index (Phi) is 5.35. The van der Waals surface area contributed by atoms with Crippen LogP contribution in [0.5, 0.6) is 0 Å². The molecule has 0 saturated heterocycles. The molecular weight excluding hydrogens is 236 g/mol. The highest BCUT2D eigenvalue weighted by Gasteiger charge is 2.27.